The lowest BCUT2D eigenvalue weighted by Gasteiger charge is -2.10. The summed E-state index contributed by atoms with van der Waals surface area (Å²) >= 11 is 0. The maximum absolute atomic E-state index is 5.64. The molecule has 2 N–H and O–H groups in total. The number of aromatic nitrogens is 1. The lowest BCUT2D eigenvalue weighted by molar-refractivity contribution is 0.813. The van der Waals surface area contributed by atoms with Gasteiger partial charge in [0.1, 0.15) is 5.82 Å². The first-order valence-electron chi connectivity index (χ1n) is 4.30. The maximum Gasteiger partial charge on any atom is 0.124 e. The van der Waals surface area contributed by atoms with Gasteiger partial charge in [-0.15, -0.1) is 6.42 Å². The number of nitrogens with zero attached hydrogens (tertiary/aromatic N) is 1. The fourth-order valence-corrected chi connectivity index (χ4v) is 1.36. The summed E-state index contributed by atoms with van der Waals surface area (Å²) in [7, 11) is 0. The molecule has 0 spiro atoms. The Hall–Kier alpha value is -1.49. The quantitative estimate of drug-likeness (QED) is 0.662. The zero-order valence-electron chi connectivity index (χ0n) is 8.26. The smallest absolute Gasteiger partial charge is 0.124 e. The fourth-order valence-electron chi connectivity index (χ4n) is 1.36. The van der Waals surface area contributed by atoms with Gasteiger partial charge in [-0.25, -0.2) is 4.98 Å². The first-order valence-corrected chi connectivity index (χ1v) is 4.30. The van der Waals surface area contributed by atoms with Crippen molar-refractivity contribution in [2.45, 2.75) is 26.7 Å². The van der Waals surface area contributed by atoms with Gasteiger partial charge in [-0.2, -0.15) is 0 Å². The Morgan fingerprint density at radius 1 is 1.54 bits per heavy atom. The minimum atomic E-state index is 0.357. The molecule has 1 aromatic rings. The molecule has 0 atom stereocenters. The number of nitrogen functional groups attached to an aromatic ring is 1. The van der Waals surface area contributed by atoms with Crippen molar-refractivity contribution in [3.05, 3.63) is 22.9 Å². The van der Waals surface area contributed by atoms with Crippen LogP contribution in [0.1, 0.15) is 36.6 Å². The number of rotatable bonds is 1. The van der Waals surface area contributed by atoms with Crippen LogP contribution in [-0.2, 0) is 0 Å². The van der Waals surface area contributed by atoms with Crippen LogP contribution in [0.25, 0.3) is 0 Å². The number of anilines is 1. The third kappa shape index (κ3) is 1.81. The highest BCUT2D eigenvalue weighted by Crippen LogP contribution is 2.21. The average molecular weight is 174 g/mol. The van der Waals surface area contributed by atoms with Crippen LogP contribution in [-0.4, -0.2) is 4.98 Å². The fraction of sp³-hybridized carbons (Fsp3) is 0.364. The molecule has 0 aromatic carbocycles. The minimum absolute atomic E-state index is 0.357. The molecule has 1 heterocycles. The number of terminal acetylenes is 1. The molecule has 0 fully saturated rings. The van der Waals surface area contributed by atoms with E-state index in [1.165, 1.54) is 0 Å². The highest BCUT2D eigenvalue weighted by molar-refractivity contribution is 5.49. The van der Waals surface area contributed by atoms with Crippen molar-refractivity contribution in [3.63, 3.8) is 0 Å². The zero-order valence-corrected chi connectivity index (χ0v) is 8.26. The van der Waals surface area contributed by atoms with Crippen LogP contribution in [0.5, 0.6) is 0 Å². The monoisotopic (exact) mass is 174 g/mol. The molecule has 0 aliphatic rings. The summed E-state index contributed by atoms with van der Waals surface area (Å²) in [6, 6.07) is 1.74. The molecule has 0 radical (unpaired) electrons. The molecule has 13 heavy (non-hydrogen) atoms. The second-order valence-electron chi connectivity index (χ2n) is 3.40. The Morgan fingerprint density at radius 2 is 2.15 bits per heavy atom. The van der Waals surface area contributed by atoms with Crippen LogP contribution < -0.4 is 5.73 Å². The summed E-state index contributed by atoms with van der Waals surface area (Å²) in [5.74, 6) is 3.47. The van der Waals surface area contributed by atoms with E-state index in [2.05, 4.69) is 24.8 Å². The van der Waals surface area contributed by atoms with Crippen molar-refractivity contribution in [3.8, 4) is 12.3 Å². The molecular formula is C11H14N2. The van der Waals surface area contributed by atoms with Crippen LogP contribution in [0, 0.1) is 19.3 Å². The average Bonchev–Trinajstić information content (AvgIpc) is 2.08. The predicted molar refractivity (Wildman–Crippen MR) is 55.4 cm³/mol. The molecule has 0 unspecified atom stereocenters. The Labute approximate surface area is 79.2 Å². The first kappa shape index (κ1) is 9.60. The van der Waals surface area contributed by atoms with Gasteiger partial charge in [0.25, 0.3) is 0 Å². The topological polar surface area (TPSA) is 38.9 Å². The third-order valence-electron chi connectivity index (χ3n) is 2.03. The molecule has 0 bridgehead atoms. The summed E-state index contributed by atoms with van der Waals surface area (Å²) < 4.78 is 0. The largest absolute Gasteiger partial charge is 0.384 e. The molecule has 0 saturated heterocycles. The number of nitrogens with two attached hydrogens (primary N) is 1. The number of hydrogen-bond acceptors (Lipinski definition) is 2. The lowest BCUT2D eigenvalue weighted by Crippen LogP contribution is -2.03. The molecule has 0 saturated carbocycles. The molecule has 2 heteroatoms. The van der Waals surface area contributed by atoms with Gasteiger partial charge in [-0.3, -0.25) is 0 Å². The second-order valence-corrected chi connectivity index (χ2v) is 3.40. The predicted octanol–water partition coefficient (Wildman–Crippen LogP) is 2.08. The second kappa shape index (κ2) is 3.49. The van der Waals surface area contributed by atoms with Crippen molar-refractivity contribution >= 4 is 5.82 Å². The normalized spacial score (nSPS) is 10.1. The van der Waals surface area contributed by atoms with Crippen LogP contribution in [0.2, 0.25) is 0 Å². The van der Waals surface area contributed by atoms with E-state index in [9.17, 15) is 0 Å². The van der Waals surface area contributed by atoms with E-state index in [1.54, 1.807) is 6.07 Å². The Balaban J connectivity index is 3.38. The van der Waals surface area contributed by atoms with Gasteiger partial charge in [0.15, 0.2) is 0 Å². The van der Waals surface area contributed by atoms with Crippen molar-refractivity contribution in [1.82, 2.24) is 4.98 Å². The molecule has 0 aliphatic heterocycles. The van der Waals surface area contributed by atoms with Crippen molar-refractivity contribution < 1.29 is 0 Å². The molecular weight excluding hydrogens is 160 g/mol. The van der Waals surface area contributed by atoms with E-state index in [-0.39, 0.29) is 0 Å². The van der Waals surface area contributed by atoms with Crippen LogP contribution in [0.4, 0.5) is 5.82 Å². The SMILES string of the molecule is C#Cc1cc(N)nc(C(C)C)c1C. The van der Waals surface area contributed by atoms with Crippen LogP contribution >= 0.6 is 0 Å². The van der Waals surface area contributed by atoms with Crippen LogP contribution in [0.15, 0.2) is 6.07 Å². The van der Waals surface area contributed by atoms with E-state index >= 15 is 0 Å². The molecule has 68 valence electrons. The molecule has 1 aromatic heterocycles. The van der Waals surface area contributed by atoms with Crippen molar-refractivity contribution in [2.24, 2.45) is 0 Å². The maximum atomic E-state index is 5.64. The Morgan fingerprint density at radius 3 is 2.62 bits per heavy atom. The summed E-state index contributed by atoms with van der Waals surface area (Å²) in [6.45, 7) is 6.14. The number of hydrogen-bond donors (Lipinski definition) is 1. The summed E-state index contributed by atoms with van der Waals surface area (Å²) in [6.07, 6.45) is 5.36. The van der Waals surface area contributed by atoms with Gasteiger partial charge >= 0.3 is 0 Å². The van der Waals surface area contributed by atoms with Gasteiger partial charge in [0, 0.05) is 11.3 Å². The van der Waals surface area contributed by atoms with E-state index in [0.717, 1.165) is 16.8 Å². The molecule has 0 aliphatic carbocycles. The van der Waals surface area contributed by atoms with Gasteiger partial charge in [0.05, 0.1) is 0 Å². The number of pyridine rings is 1. The van der Waals surface area contributed by atoms with Gasteiger partial charge in [0.2, 0.25) is 0 Å². The van der Waals surface area contributed by atoms with E-state index in [4.69, 9.17) is 12.2 Å². The third-order valence-corrected chi connectivity index (χ3v) is 2.03. The molecule has 2 nitrogen and oxygen atoms in total. The summed E-state index contributed by atoms with van der Waals surface area (Å²) in [5, 5.41) is 0. The lowest BCUT2D eigenvalue weighted by atomic mass is 10.0. The first-order chi connectivity index (χ1) is 6.06. The van der Waals surface area contributed by atoms with Gasteiger partial charge in [-0.05, 0) is 24.5 Å². The zero-order chi connectivity index (χ0) is 10.0. The van der Waals surface area contributed by atoms with Gasteiger partial charge in [-0.1, -0.05) is 19.8 Å². The van der Waals surface area contributed by atoms with E-state index in [1.807, 2.05) is 6.92 Å². The Bertz CT molecular complexity index is 359. The highest BCUT2D eigenvalue weighted by Gasteiger charge is 2.09. The molecule has 0 amide bonds. The van der Waals surface area contributed by atoms with E-state index < -0.39 is 0 Å². The molecule has 1 rings (SSSR count). The highest BCUT2D eigenvalue weighted by atomic mass is 14.8. The summed E-state index contributed by atoms with van der Waals surface area (Å²) in [5.41, 5.74) is 8.53. The van der Waals surface area contributed by atoms with Gasteiger partial charge < -0.3 is 5.73 Å². The van der Waals surface area contributed by atoms with Crippen molar-refractivity contribution in [1.29, 1.82) is 0 Å². The minimum Gasteiger partial charge on any atom is -0.384 e. The van der Waals surface area contributed by atoms with E-state index in [0.29, 0.717) is 11.7 Å². The van der Waals surface area contributed by atoms with Crippen LogP contribution in [0.3, 0.4) is 0 Å². The summed E-state index contributed by atoms with van der Waals surface area (Å²) in [4.78, 5) is 4.26. The standard InChI is InChI=1S/C11H14N2/c1-5-9-6-10(12)13-11(7(2)3)8(9)4/h1,6-7H,2-4H3,(H2,12,13). The van der Waals surface area contributed by atoms with Crippen molar-refractivity contribution in [2.75, 3.05) is 5.73 Å². The Kier molecular flexibility index (Phi) is 2.57.